The Morgan fingerprint density at radius 2 is 1.73 bits per heavy atom. The van der Waals surface area contributed by atoms with Gasteiger partial charge in [-0.25, -0.2) is 0 Å². The van der Waals surface area contributed by atoms with Crippen LogP contribution in [-0.4, -0.2) is 67.5 Å². The average Bonchev–Trinajstić information content (AvgIpc) is 2.67. The Bertz CT molecular complexity index is 566. The van der Waals surface area contributed by atoms with Gasteiger partial charge in [0, 0.05) is 38.3 Å². The average molecular weight is 361 g/mol. The Morgan fingerprint density at radius 1 is 1.04 bits per heavy atom. The number of carbonyl (C=O) groups excluding carboxylic acids is 2. The summed E-state index contributed by atoms with van der Waals surface area (Å²) in [5.74, 6) is 0.905. The molecule has 1 heterocycles. The minimum Gasteiger partial charge on any atom is -0.494 e. The molecule has 6 nitrogen and oxygen atoms in total. The minimum atomic E-state index is 0.0408. The minimum absolute atomic E-state index is 0.0408. The molecule has 1 aliphatic rings. The molecule has 0 bridgehead atoms. The van der Waals surface area contributed by atoms with E-state index < -0.39 is 0 Å². The highest BCUT2D eigenvalue weighted by Gasteiger charge is 2.23. The Labute approximate surface area is 156 Å². The highest BCUT2D eigenvalue weighted by molar-refractivity contribution is 5.94. The Balaban J connectivity index is 1.76. The second kappa shape index (κ2) is 10.8. The van der Waals surface area contributed by atoms with Crippen LogP contribution >= 0.6 is 0 Å². The molecule has 1 N–H and O–H groups in total. The van der Waals surface area contributed by atoms with Crippen molar-refractivity contribution in [1.29, 1.82) is 0 Å². The molecule has 6 heteroatoms. The molecule has 26 heavy (non-hydrogen) atoms. The van der Waals surface area contributed by atoms with E-state index in [0.717, 1.165) is 44.6 Å². The van der Waals surface area contributed by atoms with Crippen LogP contribution in [0.3, 0.4) is 0 Å². The highest BCUT2D eigenvalue weighted by Crippen LogP contribution is 2.15. The highest BCUT2D eigenvalue weighted by atomic mass is 16.5. The zero-order valence-corrected chi connectivity index (χ0v) is 16.0. The van der Waals surface area contributed by atoms with Gasteiger partial charge in [-0.2, -0.15) is 0 Å². The van der Waals surface area contributed by atoms with E-state index in [-0.39, 0.29) is 11.8 Å². The topological polar surface area (TPSA) is 61.9 Å². The molecule has 1 aromatic rings. The molecule has 1 fully saturated rings. The first-order valence-electron chi connectivity index (χ1n) is 9.65. The van der Waals surface area contributed by atoms with E-state index in [1.165, 1.54) is 0 Å². The second-order valence-corrected chi connectivity index (χ2v) is 6.64. The Morgan fingerprint density at radius 3 is 2.35 bits per heavy atom. The van der Waals surface area contributed by atoms with Gasteiger partial charge in [-0.3, -0.25) is 14.5 Å². The number of hydrogen-bond acceptors (Lipinski definition) is 4. The summed E-state index contributed by atoms with van der Waals surface area (Å²) < 4.78 is 5.55. The van der Waals surface area contributed by atoms with Gasteiger partial charge in [0.05, 0.1) is 13.2 Å². The van der Waals surface area contributed by atoms with Crippen LogP contribution in [-0.2, 0) is 4.79 Å². The van der Waals surface area contributed by atoms with E-state index >= 15 is 0 Å². The number of benzene rings is 1. The molecule has 2 amide bonds. The van der Waals surface area contributed by atoms with Crippen LogP contribution < -0.4 is 10.1 Å². The van der Waals surface area contributed by atoms with Gasteiger partial charge in [0.2, 0.25) is 5.91 Å². The van der Waals surface area contributed by atoms with Crippen molar-refractivity contribution in [2.24, 2.45) is 0 Å². The van der Waals surface area contributed by atoms with Crippen LogP contribution in [0.15, 0.2) is 24.3 Å². The SMILES string of the molecule is CCCCNC(=O)CN1CCN(C(=O)c2ccc(OCCC)cc2)CC1. The van der Waals surface area contributed by atoms with Crippen LogP contribution in [0.4, 0.5) is 0 Å². The van der Waals surface area contributed by atoms with E-state index in [2.05, 4.69) is 24.1 Å². The van der Waals surface area contributed by atoms with Crippen LogP contribution in [0.25, 0.3) is 0 Å². The predicted octanol–water partition coefficient (Wildman–Crippen LogP) is 2.15. The van der Waals surface area contributed by atoms with Crippen LogP contribution in [0.5, 0.6) is 5.75 Å². The van der Waals surface area contributed by atoms with Crippen LogP contribution in [0.2, 0.25) is 0 Å². The first kappa shape index (κ1) is 20.2. The van der Waals surface area contributed by atoms with Crippen molar-refractivity contribution in [2.45, 2.75) is 33.1 Å². The lowest BCUT2D eigenvalue weighted by Crippen LogP contribution is -2.51. The smallest absolute Gasteiger partial charge is 0.253 e. The Hall–Kier alpha value is -2.08. The summed E-state index contributed by atoms with van der Waals surface area (Å²) in [6.07, 6.45) is 3.05. The van der Waals surface area contributed by atoms with E-state index in [1.54, 1.807) is 0 Å². The van der Waals surface area contributed by atoms with Gasteiger partial charge < -0.3 is 15.0 Å². The summed E-state index contributed by atoms with van der Waals surface area (Å²) in [7, 11) is 0. The fourth-order valence-electron chi connectivity index (χ4n) is 2.87. The number of nitrogens with one attached hydrogen (secondary N) is 1. The third kappa shape index (κ3) is 6.33. The van der Waals surface area contributed by atoms with E-state index in [0.29, 0.717) is 31.8 Å². The van der Waals surface area contributed by atoms with Gasteiger partial charge in [-0.15, -0.1) is 0 Å². The molecule has 1 aliphatic heterocycles. The monoisotopic (exact) mass is 361 g/mol. The number of nitrogens with zero attached hydrogens (tertiary/aromatic N) is 2. The summed E-state index contributed by atoms with van der Waals surface area (Å²) in [6.45, 7) is 8.75. The van der Waals surface area contributed by atoms with Crippen molar-refractivity contribution in [2.75, 3.05) is 45.9 Å². The zero-order chi connectivity index (χ0) is 18.8. The molecule has 1 saturated heterocycles. The van der Waals surface area contributed by atoms with Crippen molar-refractivity contribution in [3.05, 3.63) is 29.8 Å². The quantitative estimate of drug-likeness (QED) is 0.685. The molecule has 0 spiro atoms. The first-order chi connectivity index (χ1) is 12.6. The maximum Gasteiger partial charge on any atom is 0.253 e. The number of ether oxygens (including phenoxy) is 1. The summed E-state index contributed by atoms with van der Waals surface area (Å²) in [6, 6.07) is 7.33. The molecule has 0 radical (unpaired) electrons. The van der Waals surface area contributed by atoms with Crippen LogP contribution in [0.1, 0.15) is 43.5 Å². The van der Waals surface area contributed by atoms with Crippen molar-refractivity contribution < 1.29 is 14.3 Å². The molecule has 0 unspecified atom stereocenters. The van der Waals surface area contributed by atoms with Crippen molar-refractivity contribution in [1.82, 2.24) is 15.1 Å². The van der Waals surface area contributed by atoms with Gasteiger partial charge in [0.15, 0.2) is 0 Å². The molecule has 2 rings (SSSR count). The van der Waals surface area contributed by atoms with E-state index in [9.17, 15) is 9.59 Å². The third-order valence-corrected chi connectivity index (χ3v) is 4.45. The molecule has 0 saturated carbocycles. The fraction of sp³-hybridized carbons (Fsp3) is 0.600. The van der Waals surface area contributed by atoms with Gasteiger partial charge in [0.25, 0.3) is 5.91 Å². The summed E-state index contributed by atoms with van der Waals surface area (Å²) in [5, 5.41) is 2.94. The van der Waals surface area contributed by atoms with E-state index in [1.807, 2.05) is 29.2 Å². The van der Waals surface area contributed by atoms with E-state index in [4.69, 9.17) is 4.74 Å². The molecule has 0 aliphatic carbocycles. The fourth-order valence-corrected chi connectivity index (χ4v) is 2.87. The number of hydrogen-bond donors (Lipinski definition) is 1. The van der Waals surface area contributed by atoms with Gasteiger partial charge in [-0.05, 0) is 37.1 Å². The maximum atomic E-state index is 12.6. The molecule has 0 aromatic heterocycles. The summed E-state index contributed by atoms with van der Waals surface area (Å²) in [5.41, 5.74) is 0.680. The molecular weight excluding hydrogens is 330 g/mol. The van der Waals surface area contributed by atoms with Crippen molar-refractivity contribution in [3.8, 4) is 5.75 Å². The lowest BCUT2D eigenvalue weighted by atomic mass is 10.1. The lowest BCUT2D eigenvalue weighted by molar-refractivity contribution is -0.122. The number of amides is 2. The van der Waals surface area contributed by atoms with Gasteiger partial charge in [0.1, 0.15) is 5.75 Å². The summed E-state index contributed by atoms with van der Waals surface area (Å²) >= 11 is 0. The first-order valence-corrected chi connectivity index (χ1v) is 9.65. The van der Waals surface area contributed by atoms with Crippen molar-refractivity contribution in [3.63, 3.8) is 0 Å². The second-order valence-electron chi connectivity index (χ2n) is 6.64. The largest absolute Gasteiger partial charge is 0.494 e. The number of rotatable bonds is 9. The normalized spacial score (nSPS) is 14.9. The molecule has 1 aromatic carbocycles. The lowest BCUT2D eigenvalue weighted by Gasteiger charge is -2.34. The number of carbonyl (C=O) groups is 2. The summed E-state index contributed by atoms with van der Waals surface area (Å²) in [4.78, 5) is 28.5. The van der Waals surface area contributed by atoms with Gasteiger partial charge >= 0.3 is 0 Å². The molecule has 0 atom stereocenters. The standard InChI is InChI=1S/C20H31N3O3/c1-3-5-10-21-19(24)16-22-11-13-23(14-12-22)20(25)17-6-8-18(9-7-17)26-15-4-2/h6-9H,3-5,10-16H2,1-2H3,(H,21,24). The zero-order valence-electron chi connectivity index (χ0n) is 16.0. The number of unbranched alkanes of at least 4 members (excludes halogenated alkanes) is 1. The Kier molecular flexibility index (Phi) is 8.41. The molecular formula is C20H31N3O3. The third-order valence-electron chi connectivity index (χ3n) is 4.45. The number of piperazine rings is 1. The molecule has 144 valence electrons. The maximum absolute atomic E-state index is 12.6. The van der Waals surface area contributed by atoms with Crippen molar-refractivity contribution >= 4 is 11.8 Å². The van der Waals surface area contributed by atoms with Gasteiger partial charge in [-0.1, -0.05) is 20.3 Å². The van der Waals surface area contributed by atoms with Crippen LogP contribution in [0, 0.1) is 0 Å². The predicted molar refractivity (Wildman–Crippen MR) is 102 cm³/mol.